The smallest absolute Gasteiger partial charge is 0.165 e. The van der Waals surface area contributed by atoms with E-state index in [-0.39, 0.29) is 5.82 Å². The summed E-state index contributed by atoms with van der Waals surface area (Å²) in [6.45, 7) is 0.553. The summed E-state index contributed by atoms with van der Waals surface area (Å²) in [5.74, 6) is 0.0550. The van der Waals surface area contributed by atoms with E-state index in [1.54, 1.807) is 6.07 Å². The SMILES string of the molecule is Fc1cc(CBr)ccc1OCCCCc1ccccc1. The van der Waals surface area contributed by atoms with Gasteiger partial charge in [0.25, 0.3) is 0 Å². The highest BCUT2D eigenvalue weighted by atomic mass is 79.9. The van der Waals surface area contributed by atoms with Gasteiger partial charge in [0.2, 0.25) is 0 Å². The fraction of sp³-hybridized carbons (Fsp3) is 0.294. The molecule has 0 saturated heterocycles. The number of alkyl halides is 1. The highest BCUT2D eigenvalue weighted by Gasteiger charge is 2.04. The van der Waals surface area contributed by atoms with Gasteiger partial charge in [-0.15, -0.1) is 0 Å². The van der Waals surface area contributed by atoms with Crippen LogP contribution in [-0.2, 0) is 11.8 Å². The van der Waals surface area contributed by atoms with Crippen molar-refractivity contribution in [2.24, 2.45) is 0 Å². The maximum Gasteiger partial charge on any atom is 0.165 e. The average Bonchev–Trinajstić information content (AvgIpc) is 2.49. The van der Waals surface area contributed by atoms with E-state index < -0.39 is 0 Å². The predicted octanol–water partition coefficient (Wildman–Crippen LogP) is 5.12. The van der Waals surface area contributed by atoms with Gasteiger partial charge in [-0.05, 0) is 42.5 Å². The van der Waals surface area contributed by atoms with E-state index >= 15 is 0 Å². The third-order valence-corrected chi connectivity index (χ3v) is 3.76. The van der Waals surface area contributed by atoms with Crippen LogP contribution in [0.25, 0.3) is 0 Å². The molecule has 20 heavy (non-hydrogen) atoms. The van der Waals surface area contributed by atoms with Crippen molar-refractivity contribution in [1.82, 2.24) is 0 Å². The molecule has 0 aliphatic carbocycles. The highest BCUT2D eigenvalue weighted by molar-refractivity contribution is 9.08. The number of hydrogen-bond donors (Lipinski definition) is 0. The molecule has 0 aliphatic heterocycles. The molecule has 0 radical (unpaired) electrons. The van der Waals surface area contributed by atoms with E-state index in [2.05, 4.69) is 28.1 Å². The lowest BCUT2D eigenvalue weighted by Crippen LogP contribution is -2.00. The molecule has 0 saturated carbocycles. The first-order chi connectivity index (χ1) is 9.79. The Morgan fingerprint density at radius 3 is 2.45 bits per heavy atom. The van der Waals surface area contributed by atoms with Crippen LogP contribution in [0.15, 0.2) is 48.5 Å². The van der Waals surface area contributed by atoms with Crippen molar-refractivity contribution in [1.29, 1.82) is 0 Å². The molecule has 0 aromatic heterocycles. The molecule has 2 rings (SSSR count). The molecule has 106 valence electrons. The third-order valence-electron chi connectivity index (χ3n) is 3.11. The van der Waals surface area contributed by atoms with E-state index in [0.717, 1.165) is 24.8 Å². The van der Waals surface area contributed by atoms with Gasteiger partial charge < -0.3 is 4.74 Å². The van der Waals surface area contributed by atoms with Gasteiger partial charge >= 0.3 is 0 Å². The maximum absolute atomic E-state index is 13.7. The number of ether oxygens (including phenoxy) is 1. The molecule has 0 unspecified atom stereocenters. The Morgan fingerprint density at radius 1 is 0.950 bits per heavy atom. The van der Waals surface area contributed by atoms with E-state index in [1.807, 2.05) is 24.3 Å². The van der Waals surface area contributed by atoms with Crippen molar-refractivity contribution in [2.75, 3.05) is 6.61 Å². The molecule has 0 atom stereocenters. The molecule has 0 N–H and O–H groups in total. The number of rotatable bonds is 7. The molecule has 0 amide bonds. The fourth-order valence-corrected chi connectivity index (χ4v) is 2.35. The molecular formula is C17H18BrFO. The van der Waals surface area contributed by atoms with Crippen molar-refractivity contribution in [2.45, 2.75) is 24.6 Å². The van der Waals surface area contributed by atoms with Gasteiger partial charge in [-0.1, -0.05) is 52.3 Å². The molecular weight excluding hydrogens is 319 g/mol. The van der Waals surface area contributed by atoms with E-state index in [1.165, 1.54) is 11.6 Å². The monoisotopic (exact) mass is 336 g/mol. The van der Waals surface area contributed by atoms with Gasteiger partial charge in [0.15, 0.2) is 11.6 Å². The summed E-state index contributed by atoms with van der Waals surface area (Å²) in [5, 5.41) is 0.654. The third kappa shape index (κ3) is 4.64. The Hall–Kier alpha value is -1.35. The van der Waals surface area contributed by atoms with Crippen LogP contribution >= 0.6 is 15.9 Å². The summed E-state index contributed by atoms with van der Waals surface area (Å²) in [6.07, 6.45) is 3.01. The maximum atomic E-state index is 13.7. The topological polar surface area (TPSA) is 9.23 Å². The number of unbranched alkanes of at least 4 members (excludes halogenated alkanes) is 1. The quantitative estimate of drug-likeness (QED) is 0.503. The second-order valence-corrected chi connectivity index (χ2v) is 5.25. The largest absolute Gasteiger partial charge is 0.491 e. The van der Waals surface area contributed by atoms with Gasteiger partial charge in [0.05, 0.1) is 6.61 Å². The van der Waals surface area contributed by atoms with Crippen LogP contribution in [0.5, 0.6) is 5.75 Å². The van der Waals surface area contributed by atoms with Crippen LogP contribution in [-0.4, -0.2) is 6.61 Å². The zero-order valence-corrected chi connectivity index (χ0v) is 12.9. The Kier molecular flexibility index (Phi) is 6.06. The van der Waals surface area contributed by atoms with E-state index in [9.17, 15) is 4.39 Å². The highest BCUT2D eigenvalue weighted by Crippen LogP contribution is 2.20. The summed E-state index contributed by atoms with van der Waals surface area (Å²) in [7, 11) is 0. The standard InChI is InChI=1S/C17H18BrFO/c18-13-15-9-10-17(16(19)12-15)20-11-5-4-8-14-6-2-1-3-7-14/h1-3,6-7,9-10,12H,4-5,8,11,13H2. The Balaban J connectivity index is 1.71. The lowest BCUT2D eigenvalue weighted by molar-refractivity contribution is 0.292. The number of benzene rings is 2. The van der Waals surface area contributed by atoms with Crippen molar-refractivity contribution < 1.29 is 9.13 Å². The van der Waals surface area contributed by atoms with Crippen LogP contribution in [0.4, 0.5) is 4.39 Å². The molecule has 2 aromatic rings. The van der Waals surface area contributed by atoms with Crippen molar-refractivity contribution in [3.05, 3.63) is 65.5 Å². The van der Waals surface area contributed by atoms with Crippen LogP contribution in [0.2, 0.25) is 0 Å². The minimum Gasteiger partial charge on any atom is -0.491 e. The molecule has 0 bridgehead atoms. The van der Waals surface area contributed by atoms with Gasteiger partial charge in [0, 0.05) is 5.33 Å². The lowest BCUT2D eigenvalue weighted by atomic mass is 10.1. The molecule has 0 spiro atoms. The Morgan fingerprint density at radius 2 is 1.75 bits per heavy atom. The molecule has 0 heterocycles. The van der Waals surface area contributed by atoms with E-state index in [4.69, 9.17) is 4.74 Å². The van der Waals surface area contributed by atoms with Crippen LogP contribution in [0, 0.1) is 5.82 Å². The van der Waals surface area contributed by atoms with Crippen molar-refractivity contribution in [3.8, 4) is 5.75 Å². The second kappa shape index (κ2) is 8.05. The number of hydrogen-bond acceptors (Lipinski definition) is 1. The van der Waals surface area contributed by atoms with Crippen molar-refractivity contribution in [3.63, 3.8) is 0 Å². The fourth-order valence-electron chi connectivity index (χ4n) is 2.00. The summed E-state index contributed by atoms with van der Waals surface area (Å²) in [5.41, 5.74) is 2.25. The second-order valence-electron chi connectivity index (χ2n) is 4.69. The molecule has 0 fully saturated rings. The Bertz CT molecular complexity index is 528. The average molecular weight is 337 g/mol. The number of aryl methyl sites for hydroxylation is 1. The van der Waals surface area contributed by atoms with Gasteiger partial charge in [-0.2, -0.15) is 0 Å². The predicted molar refractivity (Wildman–Crippen MR) is 83.9 cm³/mol. The minimum atomic E-state index is -0.287. The van der Waals surface area contributed by atoms with Gasteiger partial charge in [-0.25, -0.2) is 4.39 Å². The first kappa shape index (κ1) is 15.0. The Labute approximate surface area is 127 Å². The zero-order chi connectivity index (χ0) is 14.2. The van der Waals surface area contributed by atoms with Gasteiger partial charge in [0.1, 0.15) is 0 Å². The van der Waals surface area contributed by atoms with Crippen LogP contribution in [0.3, 0.4) is 0 Å². The zero-order valence-electron chi connectivity index (χ0n) is 11.3. The molecule has 3 heteroatoms. The normalized spacial score (nSPS) is 10.5. The lowest BCUT2D eigenvalue weighted by Gasteiger charge is -2.08. The summed E-state index contributed by atoms with van der Waals surface area (Å²) < 4.78 is 19.1. The van der Waals surface area contributed by atoms with Crippen molar-refractivity contribution >= 4 is 15.9 Å². The molecule has 2 aromatic carbocycles. The van der Waals surface area contributed by atoms with E-state index in [0.29, 0.717) is 17.7 Å². The number of halogens is 2. The molecule has 1 nitrogen and oxygen atoms in total. The first-order valence-corrected chi connectivity index (χ1v) is 7.93. The van der Waals surface area contributed by atoms with Crippen LogP contribution < -0.4 is 4.74 Å². The summed E-state index contributed by atoms with van der Waals surface area (Å²) in [6, 6.07) is 15.4. The first-order valence-electron chi connectivity index (χ1n) is 6.80. The van der Waals surface area contributed by atoms with Crippen LogP contribution in [0.1, 0.15) is 24.0 Å². The minimum absolute atomic E-state index is 0.287. The summed E-state index contributed by atoms with van der Waals surface area (Å²) in [4.78, 5) is 0. The molecule has 0 aliphatic rings. The summed E-state index contributed by atoms with van der Waals surface area (Å²) >= 11 is 3.30. The van der Waals surface area contributed by atoms with Gasteiger partial charge in [-0.3, -0.25) is 0 Å².